The molecule has 0 saturated carbocycles. The van der Waals surface area contributed by atoms with Gasteiger partial charge in [-0.1, -0.05) is 0 Å². The van der Waals surface area contributed by atoms with E-state index in [0.29, 0.717) is 44.6 Å². The normalized spacial score (nSPS) is 15.0. The van der Waals surface area contributed by atoms with Gasteiger partial charge in [0.2, 0.25) is 5.95 Å². The minimum Gasteiger partial charge on any atom is -0.450 e. The van der Waals surface area contributed by atoms with Crippen LogP contribution < -0.4 is 10.2 Å². The van der Waals surface area contributed by atoms with Crippen molar-refractivity contribution >= 4 is 17.9 Å². The maximum Gasteiger partial charge on any atom is 0.409 e. The number of nitrogens with one attached hydrogen (secondary N) is 1. The van der Waals surface area contributed by atoms with E-state index in [9.17, 15) is 4.79 Å². The van der Waals surface area contributed by atoms with E-state index in [1.54, 1.807) is 11.1 Å². The zero-order valence-corrected chi connectivity index (χ0v) is 14.0. The van der Waals surface area contributed by atoms with Crippen molar-refractivity contribution in [2.24, 2.45) is 0 Å². The Morgan fingerprint density at radius 2 is 2.09 bits per heavy atom. The molecule has 23 heavy (non-hydrogen) atoms. The molecule has 1 aromatic rings. The quantitative estimate of drug-likeness (QED) is 0.790. The number of piperazine rings is 1. The lowest BCUT2D eigenvalue weighted by Gasteiger charge is -2.33. The second kappa shape index (κ2) is 8.47. The summed E-state index contributed by atoms with van der Waals surface area (Å²) >= 11 is 0. The number of likely N-dealkylation sites (N-methyl/N-ethyl adjacent to an activating group) is 1. The molecular formula is C14H25N7O2. The molecule has 128 valence electrons. The predicted octanol–water partition coefficient (Wildman–Crippen LogP) is 0.124. The van der Waals surface area contributed by atoms with Crippen LogP contribution in [-0.2, 0) is 4.74 Å². The summed E-state index contributed by atoms with van der Waals surface area (Å²) in [6.45, 7) is 6.44. The van der Waals surface area contributed by atoms with Gasteiger partial charge in [0.15, 0.2) is 5.82 Å². The molecule has 1 aromatic heterocycles. The minimum atomic E-state index is -0.259. The van der Waals surface area contributed by atoms with Crippen LogP contribution in [0.5, 0.6) is 0 Å². The fourth-order valence-electron chi connectivity index (χ4n) is 2.22. The third-order valence-corrected chi connectivity index (χ3v) is 3.50. The number of ether oxygens (including phenoxy) is 1. The van der Waals surface area contributed by atoms with Gasteiger partial charge >= 0.3 is 6.09 Å². The third-order valence-electron chi connectivity index (χ3n) is 3.50. The zero-order chi connectivity index (χ0) is 16.7. The molecule has 1 N–H and O–H groups in total. The maximum atomic E-state index is 11.7. The highest BCUT2D eigenvalue weighted by molar-refractivity contribution is 5.68. The number of anilines is 2. The highest BCUT2D eigenvalue weighted by Crippen LogP contribution is 2.12. The second-order valence-electron chi connectivity index (χ2n) is 5.54. The smallest absolute Gasteiger partial charge is 0.409 e. The van der Waals surface area contributed by atoms with E-state index < -0.39 is 0 Å². The van der Waals surface area contributed by atoms with Crippen LogP contribution in [0.3, 0.4) is 0 Å². The number of amides is 1. The fourth-order valence-corrected chi connectivity index (χ4v) is 2.22. The molecular weight excluding hydrogens is 298 g/mol. The summed E-state index contributed by atoms with van der Waals surface area (Å²) in [6, 6.07) is 0. The van der Waals surface area contributed by atoms with Crippen LogP contribution in [0.4, 0.5) is 16.6 Å². The molecule has 0 unspecified atom stereocenters. The molecule has 0 aromatic carbocycles. The highest BCUT2D eigenvalue weighted by atomic mass is 16.6. The van der Waals surface area contributed by atoms with Crippen LogP contribution in [-0.4, -0.2) is 91.0 Å². The van der Waals surface area contributed by atoms with Crippen LogP contribution >= 0.6 is 0 Å². The predicted molar refractivity (Wildman–Crippen MR) is 87.7 cm³/mol. The molecule has 2 rings (SSSR count). The molecule has 1 aliphatic heterocycles. The molecule has 1 saturated heterocycles. The molecule has 1 amide bonds. The number of nitrogens with zero attached hydrogens (tertiary/aromatic N) is 6. The van der Waals surface area contributed by atoms with Crippen molar-refractivity contribution < 1.29 is 9.53 Å². The second-order valence-corrected chi connectivity index (χ2v) is 5.54. The Labute approximate surface area is 136 Å². The first-order chi connectivity index (χ1) is 11.1. The number of hydrogen-bond acceptors (Lipinski definition) is 8. The van der Waals surface area contributed by atoms with Crippen molar-refractivity contribution in [3.05, 3.63) is 6.20 Å². The van der Waals surface area contributed by atoms with E-state index in [-0.39, 0.29) is 6.09 Å². The standard InChI is InChI=1S/C14H25N7O2/c1-4-23-14(22)21-9-7-20(8-10-21)13-17-12(11-16-18-13)15-5-6-19(2)3/h11H,4-10H2,1-3H3,(H,15,17,18). The third kappa shape index (κ3) is 5.20. The topological polar surface area (TPSA) is 86.7 Å². The number of carbonyl (C=O) groups excluding carboxylic acids is 1. The Kier molecular flexibility index (Phi) is 6.33. The van der Waals surface area contributed by atoms with E-state index in [2.05, 4.69) is 25.4 Å². The lowest BCUT2D eigenvalue weighted by Crippen LogP contribution is -2.49. The molecule has 9 nitrogen and oxygen atoms in total. The average Bonchev–Trinajstić information content (AvgIpc) is 2.55. The van der Waals surface area contributed by atoms with Gasteiger partial charge < -0.3 is 24.8 Å². The maximum absolute atomic E-state index is 11.7. The van der Waals surface area contributed by atoms with Gasteiger partial charge in [-0.3, -0.25) is 0 Å². The monoisotopic (exact) mass is 323 g/mol. The molecule has 2 heterocycles. The minimum absolute atomic E-state index is 0.259. The largest absolute Gasteiger partial charge is 0.450 e. The van der Waals surface area contributed by atoms with Crippen molar-refractivity contribution in [3.63, 3.8) is 0 Å². The van der Waals surface area contributed by atoms with Crippen LogP contribution in [0.2, 0.25) is 0 Å². The Bertz CT molecular complexity index is 504. The van der Waals surface area contributed by atoms with Gasteiger partial charge in [-0.15, -0.1) is 5.10 Å². The first kappa shape index (κ1) is 17.2. The number of hydrogen-bond donors (Lipinski definition) is 1. The van der Waals surface area contributed by atoms with Crippen LogP contribution in [0.1, 0.15) is 6.92 Å². The van der Waals surface area contributed by atoms with E-state index in [1.165, 1.54) is 0 Å². The lowest BCUT2D eigenvalue weighted by atomic mass is 10.3. The van der Waals surface area contributed by atoms with Gasteiger partial charge in [-0.2, -0.15) is 10.1 Å². The average molecular weight is 323 g/mol. The SMILES string of the molecule is CCOC(=O)N1CCN(c2nncc(NCCN(C)C)n2)CC1. The van der Waals surface area contributed by atoms with Gasteiger partial charge in [-0.05, 0) is 21.0 Å². The van der Waals surface area contributed by atoms with E-state index in [1.807, 2.05) is 25.9 Å². The number of carbonyl (C=O) groups is 1. The van der Waals surface area contributed by atoms with Gasteiger partial charge in [0, 0.05) is 39.3 Å². The molecule has 0 atom stereocenters. The molecule has 0 aliphatic carbocycles. The number of rotatable bonds is 6. The van der Waals surface area contributed by atoms with Crippen molar-refractivity contribution in [2.45, 2.75) is 6.92 Å². The Hall–Kier alpha value is -2.16. The van der Waals surface area contributed by atoms with Crippen LogP contribution in [0.25, 0.3) is 0 Å². The Balaban J connectivity index is 1.87. The van der Waals surface area contributed by atoms with Crippen LogP contribution in [0.15, 0.2) is 6.20 Å². The van der Waals surface area contributed by atoms with E-state index in [4.69, 9.17) is 4.74 Å². The Morgan fingerprint density at radius 1 is 1.35 bits per heavy atom. The summed E-state index contributed by atoms with van der Waals surface area (Å²) in [4.78, 5) is 22.0. The summed E-state index contributed by atoms with van der Waals surface area (Å²) in [6.07, 6.45) is 1.36. The molecule has 0 radical (unpaired) electrons. The van der Waals surface area contributed by atoms with E-state index in [0.717, 1.165) is 13.1 Å². The van der Waals surface area contributed by atoms with Gasteiger partial charge in [0.1, 0.15) is 0 Å². The Morgan fingerprint density at radius 3 is 2.74 bits per heavy atom. The van der Waals surface area contributed by atoms with Gasteiger partial charge in [0.05, 0.1) is 12.8 Å². The molecule has 9 heteroatoms. The summed E-state index contributed by atoms with van der Waals surface area (Å²) in [5, 5.41) is 11.3. The van der Waals surface area contributed by atoms with E-state index >= 15 is 0 Å². The van der Waals surface area contributed by atoms with Crippen molar-refractivity contribution in [1.29, 1.82) is 0 Å². The van der Waals surface area contributed by atoms with Gasteiger partial charge in [0.25, 0.3) is 0 Å². The molecule has 0 spiro atoms. The first-order valence-electron chi connectivity index (χ1n) is 7.85. The molecule has 1 aliphatic rings. The summed E-state index contributed by atoms with van der Waals surface area (Å²) in [5.74, 6) is 1.30. The molecule has 1 fully saturated rings. The lowest BCUT2D eigenvalue weighted by molar-refractivity contribution is 0.105. The highest BCUT2D eigenvalue weighted by Gasteiger charge is 2.23. The van der Waals surface area contributed by atoms with Crippen molar-refractivity contribution in [3.8, 4) is 0 Å². The summed E-state index contributed by atoms with van der Waals surface area (Å²) < 4.78 is 5.02. The summed E-state index contributed by atoms with van der Waals surface area (Å²) in [7, 11) is 4.04. The molecule has 0 bridgehead atoms. The van der Waals surface area contributed by atoms with Crippen LogP contribution in [0, 0.1) is 0 Å². The first-order valence-corrected chi connectivity index (χ1v) is 7.85. The van der Waals surface area contributed by atoms with Gasteiger partial charge in [-0.25, -0.2) is 4.79 Å². The van der Waals surface area contributed by atoms with Crippen molar-refractivity contribution in [2.75, 3.05) is 70.2 Å². The fraction of sp³-hybridized carbons (Fsp3) is 0.714. The zero-order valence-electron chi connectivity index (χ0n) is 14.0. The number of aromatic nitrogens is 3. The summed E-state index contributed by atoms with van der Waals surface area (Å²) in [5.41, 5.74) is 0. The van der Waals surface area contributed by atoms with Crippen molar-refractivity contribution in [1.82, 2.24) is 25.0 Å².